The molecule has 0 unspecified atom stereocenters. The van der Waals surface area contributed by atoms with Crippen molar-refractivity contribution in [2.24, 2.45) is 0 Å². The summed E-state index contributed by atoms with van der Waals surface area (Å²) in [6, 6.07) is 9.62. The van der Waals surface area contributed by atoms with E-state index in [-0.39, 0.29) is 17.6 Å². The van der Waals surface area contributed by atoms with Gasteiger partial charge in [-0.1, -0.05) is 53.0 Å². The molecule has 0 saturated carbocycles. The van der Waals surface area contributed by atoms with Crippen LogP contribution in [0.5, 0.6) is 0 Å². The second-order valence-electron chi connectivity index (χ2n) is 4.85. The van der Waals surface area contributed by atoms with Gasteiger partial charge in [0.15, 0.2) is 0 Å². The minimum atomic E-state index is -1.63. The average molecular weight is 385 g/mol. The Morgan fingerprint density at radius 2 is 1.79 bits per heavy atom. The van der Waals surface area contributed by atoms with Crippen molar-refractivity contribution < 1.29 is 0 Å². The van der Waals surface area contributed by atoms with Gasteiger partial charge in [0.05, 0.1) is 0 Å². The molecule has 0 bridgehead atoms. The van der Waals surface area contributed by atoms with Crippen LogP contribution in [0.1, 0.15) is 5.69 Å². The predicted octanol–water partition coefficient (Wildman–Crippen LogP) is 3.23. The lowest BCUT2D eigenvalue weighted by atomic mass is 10.3. The Morgan fingerprint density at radius 3 is 2.42 bits per heavy atom. The van der Waals surface area contributed by atoms with E-state index < -0.39 is 3.79 Å². The number of nitrogens with two attached hydrogens (primary N) is 1. The molecular formula is C14H12Cl3N7. The summed E-state index contributed by atoms with van der Waals surface area (Å²) < 4.78 is -0.120. The van der Waals surface area contributed by atoms with Crippen LogP contribution in [0.15, 0.2) is 42.9 Å². The quantitative estimate of drug-likeness (QED) is 0.698. The van der Waals surface area contributed by atoms with E-state index in [9.17, 15) is 0 Å². The molecule has 0 fully saturated rings. The van der Waals surface area contributed by atoms with Gasteiger partial charge in [0, 0.05) is 18.9 Å². The maximum Gasteiger partial charge on any atom is 0.241 e. The first-order valence-electron chi connectivity index (χ1n) is 6.76. The lowest BCUT2D eigenvalue weighted by Gasteiger charge is -2.17. The molecule has 10 heteroatoms. The smallest absolute Gasteiger partial charge is 0.241 e. The van der Waals surface area contributed by atoms with Crippen molar-refractivity contribution in [2.75, 3.05) is 17.7 Å². The minimum absolute atomic E-state index is 0.0712. The van der Waals surface area contributed by atoms with Crippen molar-refractivity contribution in [3.63, 3.8) is 0 Å². The maximum atomic E-state index is 5.82. The van der Waals surface area contributed by atoms with Gasteiger partial charge in [-0.3, -0.25) is 4.57 Å². The third kappa shape index (κ3) is 3.53. The number of imidazole rings is 1. The zero-order valence-corrected chi connectivity index (χ0v) is 14.7. The van der Waals surface area contributed by atoms with Crippen molar-refractivity contribution in [1.82, 2.24) is 24.5 Å². The number of hydrogen-bond donors (Lipinski definition) is 1. The highest BCUT2D eigenvalue weighted by Crippen LogP contribution is 2.37. The first-order chi connectivity index (χ1) is 11.3. The zero-order chi connectivity index (χ0) is 17.3. The summed E-state index contributed by atoms with van der Waals surface area (Å²) in [6.45, 7) is 0. The molecule has 0 radical (unpaired) electrons. The molecule has 0 atom stereocenters. The fourth-order valence-electron chi connectivity index (χ4n) is 1.98. The van der Waals surface area contributed by atoms with Gasteiger partial charge >= 0.3 is 0 Å². The standard InChI is InChI=1S/C14H12Cl3N7/c1-23(9-5-3-2-4-6-9)12-20-11(18)21-13(22-12)24-7-10(19-8-24)14(15,16)17/h2-8H,1H3,(H2,18,20,21,22). The van der Waals surface area contributed by atoms with Gasteiger partial charge in [0.2, 0.25) is 21.6 Å². The van der Waals surface area contributed by atoms with Gasteiger partial charge in [-0.2, -0.15) is 15.0 Å². The van der Waals surface area contributed by atoms with E-state index in [0.717, 1.165) is 5.69 Å². The Bertz CT molecular complexity index is 845. The third-order valence-corrected chi connectivity index (χ3v) is 3.76. The average Bonchev–Trinajstić information content (AvgIpc) is 3.05. The number of halogens is 3. The Morgan fingerprint density at radius 1 is 1.08 bits per heavy atom. The Labute approximate surface area is 153 Å². The first kappa shape index (κ1) is 16.8. The zero-order valence-electron chi connectivity index (χ0n) is 12.4. The number of benzene rings is 1. The normalized spacial score (nSPS) is 11.5. The van der Waals surface area contributed by atoms with Crippen molar-refractivity contribution in [1.29, 1.82) is 0 Å². The number of anilines is 3. The van der Waals surface area contributed by atoms with Crippen molar-refractivity contribution in [2.45, 2.75) is 3.79 Å². The largest absolute Gasteiger partial charge is 0.368 e. The molecule has 2 N–H and O–H groups in total. The Kier molecular flexibility index (Phi) is 4.49. The highest BCUT2D eigenvalue weighted by molar-refractivity contribution is 6.66. The highest BCUT2D eigenvalue weighted by Gasteiger charge is 2.26. The number of alkyl halides is 3. The number of hydrogen-bond acceptors (Lipinski definition) is 6. The summed E-state index contributed by atoms with van der Waals surface area (Å²) in [5, 5.41) is 0. The summed E-state index contributed by atoms with van der Waals surface area (Å²) >= 11 is 17.5. The van der Waals surface area contributed by atoms with Gasteiger partial charge in [0.1, 0.15) is 12.0 Å². The minimum Gasteiger partial charge on any atom is -0.368 e. The van der Waals surface area contributed by atoms with Crippen molar-refractivity contribution in [3.05, 3.63) is 48.5 Å². The van der Waals surface area contributed by atoms with Crippen LogP contribution in [0.25, 0.3) is 5.95 Å². The summed E-state index contributed by atoms with van der Waals surface area (Å²) in [6.07, 6.45) is 2.96. The van der Waals surface area contributed by atoms with E-state index in [1.54, 1.807) is 4.90 Å². The van der Waals surface area contributed by atoms with Gasteiger partial charge < -0.3 is 10.6 Å². The van der Waals surface area contributed by atoms with Crippen LogP contribution in [0.4, 0.5) is 17.6 Å². The molecule has 0 aliphatic heterocycles. The third-order valence-electron chi connectivity index (χ3n) is 3.18. The second-order valence-corrected chi connectivity index (χ2v) is 7.13. The summed E-state index contributed by atoms with van der Waals surface area (Å²) in [5.41, 5.74) is 6.96. The van der Waals surface area contributed by atoms with Gasteiger partial charge in [-0.25, -0.2) is 4.98 Å². The molecule has 1 aromatic carbocycles. The number of nitrogen functional groups attached to an aromatic ring is 1. The van der Waals surface area contributed by atoms with Crippen molar-refractivity contribution >= 4 is 52.4 Å². The Hall–Kier alpha value is -2.09. The lowest BCUT2D eigenvalue weighted by molar-refractivity contribution is 0.886. The van der Waals surface area contributed by atoms with E-state index >= 15 is 0 Å². The molecule has 0 aliphatic rings. The number of nitrogens with zero attached hydrogens (tertiary/aromatic N) is 6. The van der Waals surface area contributed by atoms with Crippen LogP contribution in [0.3, 0.4) is 0 Å². The van der Waals surface area contributed by atoms with Gasteiger partial charge in [-0.05, 0) is 12.1 Å². The highest BCUT2D eigenvalue weighted by atomic mass is 35.6. The Balaban J connectivity index is 1.99. The molecule has 3 rings (SSSR count). The summed E-state index contributed by atoms with van der Waals surface area (Å²) in [5.74, 6) is 0.725. The molecular weight excluding hydrogens is 373 g/mol. The molecule has 24 heavy (non-hydrogen) atoms. The van der Waals surface area contributed by atoms with Crippen LogP contribution in [0.2, 0.25) is 0 Å². The lowest BCUT2D eigenvalue weighted by Crippen LogP contribution is -2.16. The van der Waals surface area contributed by atoms with Crippen LogP contribution in [-0.2, 0) is 3.79 Å². The number of rotatable bonds is 3. The van der Waals surface area contributed by atoms with E-state index in [0.29, 0.717) is 5.95 Å². The molecule has 2 aromatic heterocycles. The fourth-order valence-corrected chi connectivity index (χ4v) is 2.27. The second kappa shape index (κ2) is 6.43. The molecule has 0 amide bonds. The van der Waals surface area contributed by atoms with E-state index in [1.807, 2.05) is 37.4 Å². The monoisotopic (exact) mass is 383 g/mol. The van der Waals surface area contributed by atoms with Gasteiger partial charge in [0.25, 0.3) is 0 Å². The number of aromatic nitrogens is 5. The van der Waals surface area contributed by atoms with Crippen LogP contribution >= 0.6 is 34.8 Å². The molecule has 124 valence electrons. The first-order valence-corrected chi connectivity index (χ1v) is 7.90. The fraction of sp³-hybridized carbons (Fsp3) is 0.143. The van der Waals surface area contributed by atoms with Crippen LogP contribution < -0.4 is 10.6 Å². The van der Waals surface area contributed by atoms with Crippen LogP contribution in [0, 0.1) is 0 Å². The van der Waals surface area contributed by atoms with Crippen molar-refractivity contribution in [3.8, 4) is 5.95 Å². The number of para-hydroxylation sites is 1. The summed E-state index contributed by atoms with van der Waals surface area (Å²) in [7, 11) is 1.83. The van der Waals surface area contributed by atoms with E-state index in [1.165, 1.54) is 17.1 Å². The van der Waals surface area contributed by atoms with E-state index in [4.69, 9.17) is 40.5 Å². The molecule has 2 heterocycles. The molecule has 0 saturated heterocycles. The topological polar surface area (TPSA) is 85.8 Å². The maximum absolute atomic E-state index is 5.82. The summed E-state index contributed by atoms with van der Waals surface area (Å²) in [4.78, 5) is 18.5. The van der Waals surface area contributed by atoms with E-state index in [2.05, 4.69) is 19.9 Å². The SMILES string of the molecule is CN(c1ccccc1)c1nc(N)nc(-n2cnc(C(Cl)(Cl)Cl)c2)n1. The molecule has 7 nitrogen and oxygen atoms in total. The molecule has 0 aliphatic carbocycles. The molecule has 0 spiro atoms. The molecule has 3 aromatic rings. The van der Waals surface area contributed by atoms with Gasteiger partial charge in [-0.15, -0.1) is 0 Å². The van der Waals surface area contributed by atoms with Crippen LogP contribution in [-0.4, -0.2) is 31.6 Å². The predicted molar refractivity (Wildman–Crippen MR) is 95.1 cm³/mol.